The Morgan fingerprint density at radius 2 is 1.77 bits per heavy atom. The molecule has 0 unspecified atom stereocenters. The summed E-state index contributed by atoms with van der Waals surface area (Å²) < 4.78 is 5.42. The molecule has 0 bridgehead atoms. The Balaban J connectivity index is 1.56. The molecule has 3 amide bonds. The fourth-order valence-electron chi connectivity index (χ4n) is 3.39. The molecule has 0 radical (unpaired) electrons. The van der Waals surface area contributed by atoms with E-state index in [9.17, 15) is 14.4 Å². The third kappa shape index (κ3) is 4.82. The van der Waals surface area contributed by atoms with Crippen molar-refractivity contribution < 1.29 is 19.1 Å². The minimum Gasteiger partial charge on any atom is -0.376 e. The van der Waals surface area contributed by atoms with Crippen molar-refractivity contribution in [3.05, 3.63) is 29.8 Å². The number of benzene rings is 1. The van der Waals surface area contributed by atoms with Gasteiger partial charge < -0.3 is 20.7 Å². The highest BCUT2D eigenvalue weighted by molar-refractivity contribution is 6.40. The lowest BCUT2D eigenvalue weighted by atomic mass is 10.1. The third-order valence-electron chi connectivity index (χ3n) is 4.83. The van der Waals surface area contributed by atoms with Gasteiger partial charge in [0.15, 0.2) is 0 Å². The van der Waals surface area contributed by atoms with Gasteiger partial charge in [0, 0.05) is 19.2 Å². The van der Waals surface area contributed by atoms with Gasteiger partial charge in [0.2, 0.25) is 0 Å². The molecule has 0 spiro atoms. The van der Waals surface area contributed by atoms with Crippen LogP contribution in [0.1, 0.15) is 48.9 Å². The number of amides is 3. The summed E-state index contributed by atoms with van der Waals surface area (Å²) in [6.45, 7) is 1.01. The Hall–Kier alpha value is -2.41. The van der Waals surface area contributed by atoms with Crippen molar-refractivity contribution in [2.45, 2.75) is 50.7 Å². The highest BCUT2D eigenvalue weighted by Gasteiger charge is 2.22. The molecule has 2 fully saturated rings. The van der Waals surface area contributed by atoms with E-state index < -0.39 is 11.8 Å². The second-order valence-electron chi connectivity index (χ2n) is 6.80. The first-order valence-corrected chi connectivity index (χ1v) is 9.24. The monoisotopic (exact) mass is 359 g/mol. The molecule has 3 rings (SSSR count). The smallest absolute Gasteiger partial charge is 0.313 e. The van der Waals surface area contributed by atoms with Gasteiger partial charge in [0.05, 0.1) is 17.4 Å². The normalized spacial score (nSPS) is 19.9. The average Bonchev–Trinajstić information content (AvgIpc) is 3.33. The molecule has 3 N–H and O–H groups in total. The highest BCUT2D eigenvalue weighted by atomic mass is 16.5. The van der Waals surface area contributed by atoms with Crippen LogP contribution in [0.15, 0.2) is 24.3 Å². The first-order valence-electron chi connectivity index (χ1n) is 9.24. The van der Waals surface area contributed by atoms with Crippen LogP contribution in [0.25, 0.3) is 0 Å². The molecule has 2 aliphatic rings. The maximum Gasteiger partial charge on any atom is 0.313 e. The van der Waals surface area contributed by atoms with Gasteiger partial charge in [-0.1, -0.05) is 25.0 Å². The van der Waals surface area contributed by atoms with Crippen molar-refractivity contribution in [2.24, 2.45) is 0 Å². The minimum absolute atomic E-state index is 0.0313. The van der Waals surface area contributed by atoms with E-state index in [1.807, 2.05) is 0 Å². The number of para-hydroxylation sites is 1. The fraction of sp³-hybridized carbons (Fsp3) is 0.526. The molecule has 0 aromatic heterocycles. The number of carbonyl (C=O) groups is 3. The summed E-state index contributed by atoms with van der Waals surface area (Å²) in [7, 11) is 0. The van der Waals surface area contributed by atoms with Crippen molar-refractivity contribution in [3.8, 4) is 0 Å². The number of rotatable bonds is 5. The van der Waals surface area contributed by atoms with Crippen LogP contribution in [-0.4, -0.2) is 43.0 Å². The third-order valence-corrected chi connectivity index (χ3v) is 4.83. The van der Waals surface area contributed by atoms with Crippen LogP contribution in [0, 0.1) is 0 Å². The van der Waals surface area contributed by atoms with Gasteiger partial charge in [-0.2, -0.15) is 0 Å². The summed E-state index contributed by atoms with van der Waals surface area (Å²) in [5.74, 6) is -1.75. The molecule has 7 nitrogen and oxygen atoms in total. The van der Waals surface area contributed by atoms with E-state index in [0.29, 0.717) is 24.4 Å². The van der Waals surface area contributed by atoms with Gasteiger partial charge in [-0.25, -0.2) is 0 Å². The molecular weight excluding hydrogens is 334 g/mol. The first kappa shape index (κ1) is 18.4. The lowest BCUT2D eigenvalue weighted by molar-refractivity contribution is -0.136. The van der Waals surface area contributed by atoms with E-state index in [-0.39, 0.29) is 18.1 Å². The van der Waals surface area contributed by atoms with Crippen molar-refractivity contribution in [1.82, 2.24) is 10.6 Å². The molecule has 1 aromatic carbocycles. The predicted molar refractivity (Wildman–Crippen MR) is 96.8 cm³/mol. The average molecular weight is 359 g/mol. The van der Waals surface area contributed by atoms with Gasteiger partial charge >= 0.3 is 11.8 Å². The van der Waals surface area contributed by atoms with Gasteiger partial charge in [0.1, 0.15) is 0 Å². The second-order valence-corrected chi connectivity index (χ2v) is 6.80. The van der Waals surface area contributed by atoms with E-state index in [0.717, 1.165) is 38.5 Å². The summed E-state index contributed by atoms with van der Waals surface area (Å²) in [5.41, 5.74) is 0.694. The second kappa shape index (κ2) is 8.80. The summed E-state index contributed by atoms with van der Waals surface area (Å²) in [4.78, 5) is 36.6. The minimum atomic E-state index is -0.788. The van der Waals surface area contributed by atoms with Crippen LogP contribution in [0.5, 0.6) is 0 Å². The Morgan fingerprint density at radius 1 is 1.00 bits per heavy atom. The van der Waals surface area contributed by atoms with E-state index in [1.165, 1.54) is 0 Å². The highest BCUT2D eigenvalue weighted by Crippen LogP contribution is 2.20. The van der Waals surface area contributed by atoms with Crippen LogP contribution < -0.4 is 16.0 Å². The number of nitrogens with one attached hydrogen (secondary N) is 3. The topological polar surface area (TPSA) is 96.5 Å². The summed E-state index contributed by atoms with van der Waals surface area (Å²) in [6.07, 6.45) is 6.01. The zero-order chi connectivity index (χ0) is 18.4. The van der Waals surface area contributed by atoms with E-state index in [2.05, 4.69) is 16.0 Å². The first-order chi connectivity index (χ1) is 12.6. The quantitative estimate of drug-likeness (QED) is 0.696. The maximum atomic E-state index is 12.5. The number of ether oxygens (including phenoxy) is 1. The standard InChI is InChI=1S/C19H25N3O4/c23-17(21-13-6-1-2-7-13)15-9-3-4-10-16(15)22-19(25)18(24)20-12-14-8-5-11-26-14/h3-4,9-10,13-14H,1-2,5-8,11-12H2,(H,20,24)(H,21,23)(H,22,25)/t14-/m0/s1. The lowest BCUT2D eigenvalue weighted by Gasteiger charge is -2.15. The van der Waals surface area contributed by atoms with Crippen molar-refractivity contribution >= 4 is 23.4 Å². The van der Waals surface area contributed by atoms with Crippen molar-refractivity contribution in [3.63, 3.8) is 0 Å². The number of hydrogen-bond acceptors (Lipinski definition) is 4. The molecule has 1 aliphatic heterocycles. The Morgan fingerprint density at radius 3 is 2.50 bits per heavy atom. The molecule has 1 saturated carbocycles. The maximum absolute atomic E-state index is 12.5. The van der Waals surface area contributed by atoms with Crippen molar-refractivity contribution in [2.75, 3.05) is 18.5 Å². The summed E-state index contributed by atoms with van der Waals surface area (Å²) in [6, 6.07) is 6.89. The van der Waals surface area contributed by atoms with Crippen LogP contribution >= 0.6 is 0 Å². The Bertz CT molecular complexity index is 665. The molecule has 7 heteroatoms. The largest absolute Gasteiger partial charge is 0.376 e. The molecule has 26 heavy (non-hydrogen) atoms. The SMILES string of the molecule is O=C(NC[C@@H]1CCCO1)C(=O)Nc1ccccc1C(=O)NC1CCCC1. The fourth-order valence-corrected chi connectivity index (χ4v) is 3.39. The number of carbonyl (C=O) groups excluding carboxylic acids is 3. The van der Waals surface area contributed by atoms with E-state index in [4.69, 9.17) is 4.74 Å². The molecule has 1 aliphatic carbocycles. The molecule has 1 atom stereocenters. The van der Waals surface area contributed by atoms with Crippen LogP contribution in [0.4, 0.5) is 5.69 Å². The molecular formula is C19H25N3O4. The number of anilines is 1. The lowest BCUT2D eigenvalue weighted by Crippen LogP contribution is -2.40. The molecule has 1 heterocycles. The van der Waals surface area contributed by atoms with Crippen LogP contribution in [-0.2, 0) is 14.3 Å². The van der Waals surface area contributed by atoms with E-state index >= 15 is 0 Å². The van der Waals surface area contributed by atoms with Gasteiger partial charge in [-0.05, 0) is 37.8 Å². The predicted octanol–water partition coefficient (Wildman–Crippen LogP) is 1.59. The molecule has 1 saturated heterocycles. The summed E-state index contributed by atoms with van der Waals surface area (Å²) >= 11 is 0. The van der Waals surface area contributed by atoms with Gasteiger partial charge in [-0.15, -0.1) is 0 Å². The van der Waals surface area contributed by atoms with Crippen LogP contribution in [0.2, 0.25) is 0 Å². The number of hydrogen-bond donors (Lipinski definition) is 3. The Labute approximate surface area is 152 Å². The molecule has 140 valence electrons. The van der Waals surface area contributed by atoms with Crippen LogP contribution in [0.3, 0.4) is 0 Å². The summed E-state index contributed by atoms with van der Waals surface area (Å²) in [5, 5.41) is 8.11. The zero-order valence-electron chi connectivity index (χ0n) is 14.8. The van der Waals surface area contributed by atoms with Gasteiger partial charge in [0.25, 0.3) is 5.91 Å². The Kier molecular flexibility index (Phi) is 6.22. The van der Waals surface area contributed by atoms with E-state index in [1.54, 1.807) is 24.3 Å². The molecule has 1 aromatic rings. The van der Waals surface area contributed by atoms with Gasteiger partial charge in [-0.3, -0.25) is 14.4 Å². The van der Waals surface area contributed by atoms with Crippen molar-refractivity contribution in [1.29, 1.82) is 0 Å². The zero-order valence-corrected chi connectivity index (χ0v) is 14.8.